The van der Waals surface area contributed by atoms with Crippen LogP contribution >= 0.6 is 0 Å². The number of benzene rings is 1. The van der Waals surface area contributed by atoms with Crippen molar-refractivity contribution in [2.45, 2.75) is 26.9 Å². The Morgan fingerprint density at radius 2 is 1.52 bits per heavy atom. The number of carbonyl (C=O) groups excluding carboxylic acids is 4. The van der Waals surface area contributed by atoms with Crippen molar-refractivity contribution in [3.05, 3.63) is 58.7 Å². The number of esters is 1. The van der Waals surface area contributed by atoms with Crippen molar-refractivity contribution in [2.24, 2.45) is 0 Å². The van der Waals surface area contributed by atoms with Gasteiger partial charge < -0.3 is 25.8 Å². The number of nitrogens with one attached hydrogen (secondary N) is 3. The number of aliphatic hydroxyl groups is 1. The highest BCUT2D eigenvalue weighted by Crippen LogP contribution is 2.17. The molecule has 0 bridgehead atoms. The van der Waals surface area contributed by atoms with E-state index < -0.39 is 35.4 Å². The van der Waals surface area contributed by atoms with Gasteiger partial charge in [-0.05, 0) is 32.9 Å². The number of amides is 3. The van der Waals surface area contributed by atoms with Crippen molar-refractivity contribution >= 4 is 29.4 Å². The van der Waals surface area contributed by atoms with E-state index in [2.05, 4.69) is 29.1 Å². The third kappa shape index (κ3) is 13.8. The van der Waals surface area contributed by atoms with Gasteiger partial charge in [0.05, 0.1) is 17.6 Å². The molecule has 0 aromatic heterocycles. The maximum Gasteiger partial charge on any atom is 0.330 e. The summed E-state index contributed by atoms with van der Waals surface area (Å²) in [5, 5.41) is 26.3. The van der Waals surface area contributed by atoms with Crippen LogP contribution in [-0.2, 0) is 19.2 Å². The molecule has 0 heterocycles. The van der Waals surface area contributed by atoms with Crippen LogP contribution in [-0.4, -0.2) is 59.5 Å². The molecule has 1 rings (SSSR count). The molecule has 3 amide bonds. The maximum atomic E-state index is 11.5. The fraction of sp³-hybridized carbons (Fsp3) is 0.333. The van der Waals surface area contributed by atoms with Crippen LogP contribution in [0.4, 0.5) is 5.69 Å². The van der Waals surface area contributed by atoms with Gasteiger partial charge in [0.25, 0.3) is 5.69 Å². The minimum Gasteiger partial charge on any atom is -0.425 e. The van der Waals surface area contributed by atoms with Crippen molar-refractivity contribution < 1.29 is 33.9 Å². The molecular weight excluding hydrogens is 436 g/mol. The van der Waals surface area contributed by atoms with Crippen molar-refractivity contribution in [2.75, 3.05) is 19.6 Å². The van der Waals surface area contributed by atoms with Gasteiger partial charge in [0.15, 0.2) is 0 Å². The third-order valence-electron chi connectivity index (χ3n) is 3.45. The fourth-order valence-electron chi connectivity index (χ4n) is 1.74. The molecule has 0 aliphatic rings. The second-order valence-electron chi connectivity index (χ2n) is 6.80. The average Bonchev–Trinajstić information content (AvgIpc) is 2.74. The SMILES string of the molecule is C=C(C)C(=O)NCC(=O)NCC(=O)Oc1ccc([N+](=O)[O-])cc1.C=C(C)C(=O)NCC(C)O. The quantitative estimate of drug-likeness (QED) is 0.126. The molecular formula is C21H28N4O8. The van der Waals surface area contributed by atoms with E-state index in [1.54, 1.807) is 13.8 Å². The Bertz CT molecular complexity index is 894. The van der Waals surface area contributed by atoms with Crippen LogP contribution < -0.4 is 20.7 Å². The van der Waals surface area contributed by atoms with Crippen molar-refractivity contribution in [1.29, 1.82) is 0 Å². The molecule has 0 fully saturated rings. The molecule has 12 heteroatoms. The summed E-state index contributed by atoms with van der Waals surface area (Å²) < 4.78 is 4.89. The second kappa shape index (κ2) is 14.9. The summed E-state index contributed by atoms with van der Waals surface area (Å²) in [4.78, 5) is 54.7. The zero-order valence-electron chi connectivity index (χ0n) is 18.7. The minimum atomic E-state index is -0.751. The van der Waals surface area contributed by atoms with E-state index in [4.69, 9.17) is 9.84 Å². The largest absolute Gasteiger partial charge is 0.425 e. The first kappa shape index (κ1) is 28.9. The average molecular weight is 464 g/mol. The number of non-ortho nitro benzene ring substituents is 1. The molecule has 33 heavy (non-hydrogen) atoms. The molecule has 0 aliphatic heterocycles. The molecule has 1 atom stereocenters. The Labute approximate surface area is 190 Å². The smallest absolute Gasteiger partial charge is 0.330 e. The minimum absolute atomic E-state index is 0.116. The molecule has 0 radical (unpaired) electrons. The van der Waals surface area contributed by atoms with Gasteiger partial charge in [0.2, 0.25) is 17.7 Å². The third-order valence-corrected chi connectivity index (χ3v) is 3.45. The first-order valence-corrected chi connectivity index (χ1v) is 9.60. The van der Waals surface area contributed by atoms with Crippen LogP contribution in [0.15, 0.2) is 48.6 Å². The number of nitrogens with zero attached hydrogens (tertiary/aromatic N) is 1. The lowest BCUT2D eigenvalue weighted by atomic mass is 10.3. The number of nitro benzene ring substituents is 1. The van der Waals surface area contributed by atoms with Crippen LogP contribution in [0.2, 0.25) is 0 Å². The second-order valence-corrected chi connectivity index (χ2v) is 6.80. The lowest BCUT2D eigenvalue weighted by Gasteiger charge is -2.07. The number of hydrogen-bond acceptors (Lipinski definition) is 8. The number of ether oxygens (including phenoxy) is 1. The first-order chi connectivity index (χ1) is 15.3. The van der Waals surface area contributed by atoms with E-state index in [-0.39, 0.29) is 36.0 Å². The highest BCUT2D eigenvalue weighted by atomic mass is 16.6. The molecule has 0 spiro atoms. The Kier molecular flexibility index (Phi) is 13.0. The van der Waals surface area contributed by atoms with Crippen LogP contribution in [0.25, 0.3) is 0 Å². The van der Waals surface area contributed by atoms with Crippen LogP contribution in [0.1, 0.15) is 20.8 Å². The number of hydrogen-bond donors (Lipinski definition) is 4. The predicted molar refractivity (Wildman–Crippen MR) is 119 cm³/mol. The zero-order chi connectivity index (χ0) is 25.6. The van der Waals surface area contributed by atoms with E-state index in [1.165, 1.54) is 31.2 Å². The Hall–Kier alpha value is -4.06. The summed E-state index contributed by atoms with van der Waals surface area (Å²) in [7, 11) is 0. The molecule has 12 nitrogen and oxygen atoms in total. The summed E-state index contributed by atoms with van der Waals surface area (Å²) in [5.74, 6) is -1.88. The number of rotatable bonds is 10. The molecule has 0 aliphatic carbocycles. The van der Waals surface area contributed by atoms with Crippen molar-refractivity contribution in [3.63, 3.8) is 0 Å². The predicted octanol–water partition coefficient (Wildman–Crippen LogP) is 0.368. The van der Waals surface area contributed by atoms with E-state index >= 15 is 0 Å². The summed E-state index contributed by atoms with van der Waals surface area (Å²) in [6.45, 7) is 11.2. The number of carbonyl (C=O) groups is 4. The van der Waals surface area contributed by atoms with Gasteiger partial charge in [-0.2, -0.15) is 0 Å². The number of aliphatic hydroxyl groups excluding tert-OH is 1. The van der Waals surface area contributed by atoms with E-state index in [9.17, 15) is 29.3 Å². The zero-order valence-corrected chi connectivity index (χ0v) is 18.7. The van der Waals surface area contributed by atoms with E-state index in [0.29, 0.717) is 5.57 Å². The highest BCUT2D eigenvalue weighted by Gasteiger charge is 2.11. The topological polar surface area (TPSA) is 177 Å². The molecule has 1 aromatic rings. The molecule has 0 saturated carbocycles. The molecule has 4 N–H and O–H groups in total. The maximum absolute atomic E-state index is 11.5. The van der Waals surface area contributed by atoms with Crippen molar-refractivity contribution in [3.8, 4) is 5.75 Å². The Balaban J connectivity index is 0.000000861. The Morgan fingerprint density at radius 1 is 1.00 bits per heavy atom. The highest BCUT2D eigenvalue weighted by molar-refractivity contribution is 5.95. The van der Waals surface area contributed by atoms with Crippen LogP contribution in [0.3, 0.4) is 0 Å². The first-order valence-electron chi connectivity index (χ1n) is 9.60. The fourth-order valence-corrected chi connectivity index (χ4v) is 1.74. The van der Waals surface area contributed by atoms with Crippen LogP contribution in [0.5, 0.6) is 5.75 Å². The lowest BCUT2D eigenvalue weighted by Crippen LogP contribution is -2.40. The lowest BCUT2D eigenvalue weighted by molar-refractivity contribution is -0.384. The van der Waals surface area contributed by atoms with Crippen molar-refractivity contribution in [1.82, 2.24) is 16.0 Å². The van der Waals surface area contributed by atoms with Gasteiger partial charge in [-0.3, -0.25) is 24.5 Å². The summed E-state index contributed by atoms with van der Waals surface area (Å²) >= 11 is 0. The van der Waals surface area contributed by atoms with Gasteiger partial charge in [-0.1, -0.05) is 13.2 Å². The van der Waals surface area contributed by atoms with Gasteiger partial charge in [-0.15, -0.1) is 0 Å². The standard InChI is InChI=1S/C14H15N3O6.C7H13NO2/c1-9(2)14(20)16-7-12(18)15-8-13(19)23-11-5-3-10(4-6-11)17(21)22;1-5(2)7(10)8-4-6(3)9/h3-6H,1,7-8H2,2H3,(H,15,18)(H,16,20);6,9H,1,4H2,2-3H3,(H,8,10). The summed E-state index contributed by atoms with van der Waals surface area (Å²) in [5.41, 5.74) is 0.586. The Morgan fingerprint density at radius 3 is 1.97 bits per heavy atom. The van der Waals surface area contributed by atoms with E-state index in [1.807, 2.05) is 0 Å². The normalized spacial score (nSPS) is 10.4. The molecule has 180 valence electrons. The molecule has 0 saturated heterocycles. The van der Waals surface area contributed by atoms with E-state index in [0.717, 1.165) is 0 Å². The van der Waals surface area contributed by atoms with Gasteiger partial charge in [0, 0.05) is 29.8 Å². The monoisotopic (exact) mass is 464 g/mol. The number of nitro groups is 1. The summed E-state index contributed by atoms with van der Waals surface area (Å²) in [6.07, 6.45) is -0.497. The van der Waals surface area contributed by atoms with Gasteiger partial charge >= 0.3 is 5.97 Å². The van der Waals surface area contributed by atoms with Gasteiger partial charge in [0.1, 0.15) is 12.3 Å². The van der Waals surface area contributed by atoms with Gasteiger partial charge in [-0.25, -0.2) is 4.79 Å². The van der Waals surface area contributed by atoms with Crippen LogP contribution in [0, 0.1) is 10.1 Å². The molecule has 1 unspecified atom stereocenters. The molecule has 1 aromatic carbocycles. The summed E-state index contributed by atoms with van der Waals surface area (Å²) in [6, 6.07) is 4.92.